The Labute approximate surface area is 185 Å². The number of benzene rings is 2. The van der Waals surface area contributed by atoms with E-state index in [0.29, 0.717) is 41.5 Å². The number of aromatic nitrogens is 1. The number of nitrogen functional groups attached to an aromatic ring is 1. The van der Waals surface area contributed by atoms with E-state index in [0.717, 1.165) is 20.2 Å². The maximum Gasteiger partial charge on any atom is 0.221 e. The van der Waals surface area contributed by atoms with Gasteiger partial charge in [0.1, 0.15) is 0 Å². The average Bonchev–Trinajstić information content (AvgIpc) is 2.72. The van der Waals surface area contributed by atoms with E-state index >= 15 is 0 Å². The Balaban J connectivity index is 1.83. The molecule has 0 aliphatic heterocycles. The Morgan fingerprint density at radius 3 is 2.34 bits per heavy atom. The van der Waals surface area contributed by atoms with E-state index in [1.807, 2.05) is 12.1 Å². The molecule has 0 fully saturated rings. The Morgan fingerprint density at radius 1 is 1.03 bits per heavy atom. The van der Waals surface area contributed by atoms with Gasteiger partial charge in [-0.15, -0.1) is 0 Å². The number of nitriles is 2. The number of pyridine rings is 1. The quantitative estimate of drug-likeness (QED) is 0.416. The second kappa shape index (κ2) is 9.42. The third-order valence-corrected chi connectivity index (χ3v) is 5.15. The van der Waals surface area contributed by atoms with E-state index in [1.54, 1.807) is 36.4 Å². The van der Waals surface area contributed by atoms with Crippen molar-refractivity contribution in [2.75, 3.05) is 11.1 Å². The lowest BCUT2D eigenvalue weighted by atomic mass is 10.1. The van der Waals surface area contributed by atoms with Crippen molar-refractivity contribution in [2.45, 2.75) is 12.8 Å². The maximum absolute atomic E-state index is 8.90. The van der Waals surface area contributed by atoms with Crippen LogP contribution in [0.3, 0.4) is 0 Å². The van der Waals surface area contributed by atoms with Crippen molar-refractivity contribution in [3.05, 3.63) is 68.6 Å². The van der Waals surface area contributed by atoms with Crippen molar-refractivity contribution in [3.8, 4) is 23.8 Å². The van der Waals surface area contributed by atoms with Crippen LogP contribution < -0.4 is 15.8 Å². The molecule has 0 saturated heterocycles. The molecule has 0 bridgehead atoms. The number of hydrogen-bond acceptors (Lipinski definition) is 6. The molecular formula is C21H15Br2N5O. The first-order valence-corrected chi connectivity index (χ1v) is 10.1. The number of nitrogens with two attached hydrogens (primary N) is 1. The van der Waals surface area contributed by atoms with Crippen molar-refractivity contribution in [2.24, 2.45) is 0 Å². The average molecular weight is 513 g/mol. The fourth-order valence-corrected chi connectivity index (χ4v) is 3.98. The number of hydrogen-bond donors (Lipinski definition) is 2. The highest BCUT2D eigenvalue weighted by Crippen LogP contribution is 2.38. The number of rotatable bonds is 6. The highest BCUT2D eigenvalue weighted by molar-refractivity contribution is 9.11. The number of aryl methyl sites for hydroxylation is 1. The summed E-state index contributed by atoms with van der Waals surface area (Å²) in [5.41, 5.74) is 8.84. The zero-order chi connectivity index (χ0) is 20.8. The van der Waals surface area contributed by atoms with Crippen LogP contribution in [0.5, 0.6) is 11.6 Å². The molecule has 8 heteroatoms. The molecule has 3 N–H and O–H groups in total. The standard InChI is InChI=1S/C21H15Br2N5O/c22-16-10-14(2-1-9-24)11-17(23)20(16)29-19-8-7-18(26)21(28-19)27-15-5-3-13(12-25)4-6-15/h3-8,10-11H,1-2,26H2,(H,27,28). The molecule has 29 heavy (non-hydrogen) atoms. The summed E-state index contributed by atoms with van der Waals surface area (Å²) in [6.07, 6.45) is 1.11. The summed E-state index contributed by atoms with van der Waals surface area (Å²) in [7, 11) is 0. The third kappa shape index (κ3) is 5.26. The van der Waals surface area contributed by atoms with Crippen LogP contribution in [0, 0.1) is 22.7 Å². The molecule has 0 saturated carbocycles. The normalized spacial score (nSPS) is 10.1. The molecule has 0 atom stereocenters. The monoisotopic (exact) mass is 511 g/mol. The minimum absolute atomic E-state index is 0.363. The summed E-state index contributed by atoms with van der Waals surface area (Å²) in [6, 6.07) is 18.4. The summed E-state index contributed by atoms with van der Waals surface area (Å²) in [6.45, 7) is 0. The van der Waals surface area contributed by atoms with Crippen LogP contribution in [-0.2, 0) is 6.42 Å². The van der Waals surface area contributed by atoms with Crippen LogP contribution in [-0.4, -0.2) is 4.98 Å². The molecule has 1 aromatic heterocycles. The number of anilines is 3. The van der Waals surface area contributed by atoms with Gasteiger partial charge in [-0.05, 0) is 86.3 Å². The Morgan fingerprint density at radius 2 is 1.72 bits per heavy atom. The molecule has 0 spiro atoms. The second-order valence-corrected chi connectivity index (χ2v) is 7.76. The largest absolute Gasteiger partial charge is 0.437 e. The zero-order valence-corrected chi connectivity index (χ0v) is 18.3. The minimum atomic E-state index is 0.363. The topological polar surface area (TPSA) is 108 Å². The van der Waals surface area contributed by atoms with Gasteiger partial charge in [0.05, 0.1) is 32.3 Å². The van der Waals surface area contributed by atoms with Gasteiger partial charge in [-0.25, -0.2) is 0 Å². The highest BCUT2D eigenvalue weighted by atomic mass is 79.9. The fourth-order valence-electron chi connectivity index (χ4n) is 2.53. The van der Waals surface area contributed by atoms with Gasteiger partial charge in [0, 0.05) is 18.2 Å². The second-order valence-electron chi connectivity index (χ2n) is 6.05. The van der Waals surface area contributed by atoms with E-state index in [4.69, 9.17) is 21.0 Å². The number of ether oxygens (including phenoxy) is 1. The van der Waals surface area contributed by atoms with Crippen LogP contribution in [0.4, 0.5) is 17.2 Å². The van der Waals surface area contributed by atoms with Crippen LogP contribution in [0.2, 0.25) is 0 Å². The molecule has 6 nitrogen and oxygen atoms in total. The van der Waals surface area contributed by atoms with Crippen LogP contribution >= 0.6 is 31.9 Å². The van der Waals surface area contributed by atoms with Crippen LogP contribution in [0.15, 0.2) is 57.5 Å². The van der Waals surface area contributed by atoms with E-state index < -0.39 is 0 Å². The predicted octanol–water partition coefficient (Wildman–Crippen LogP) is 6.05. The molecule has 0 radical (unpaired) electrons. The molecule has 0 amide bonds. The Bertz CT molecular complexity index is 1090. The van der Waals surface area contributed by atoms with Gasteiger partial charge in [0.25, 0.3) is 0 Å². The lowest BCUT2D eigenvalue weighted by molar-refractivity contribution is 0.458. The molecule has 0 aliphatic rings. The van der Waals surface area contributed by atoms with Crippen molar-refractivity contribution in [1.29, 1.82) is 10.5 Å². The van der Waals surface area contributed by atoms with Gasteiger partial charge in [-0.2, -0.15) is 15.5 Å². The number of halogens is 2. The molecule has 3 rings (SSSR count). The minimum Gasteiger partial charge on any atom is -0.437 e. The fraction of sp³-hybridized carbons (Fsp3) is 0.0952. The van der Waals surface area contributed by atoms with Gasteiger partial charge < -0.3 is 15.8 Å². The Hall–Kier alpha value is -3.07. The summed E-state index contributed by atoms with van der Waals surface area (Å²) >= 11 is 7.03. The van der Waals surface area contributed by atoms with E-state index in [2.05, 4.69) is 54.3 Å². The van der Waals surface area contributed by atoms with Crippen LogP contribution in [0.1, 0.15) is 17.5 Å². The summed E-state index contributed by atoms with van der Waals surface area (Å²) < 4.78 is 7.46. The van der Waals surface area contributed by atoms with Gasteiger partial charge in [0.2, 0.25) is 5.88 Å². The van der Waals surface area contributed by atoms with Crippen molar-refractivity contribution in [1.82, 2.24) is 4.98 Å². The molecule has 1 heterocycles. The van der Waals surface area contributed by atoms with Crippen molar-refractivity contribution < 1.29 is 4.74 Å². The lowest BCUT2D eigenvalue weighted by Crippen LogP contribution is -2.01. The molecule has 3 aromatic rings. The van der Waals surface area contributed by atoms with E-state index in [-0.39, 0.29) is 0 Å². The number of nitrogens with one attached hydrogen (secondary N) is 1. The van der Waals surface area contributed by atoms with Gasteiger partial charge >= 0.3 is 0 Å². The molecule has 0 aliphatic carbocycles. The highest BCUT2D eigenvalue weighted by Gasteiger charge is 2.12. The smallest absolute Gasteiger partial charge is 0.221 e. The lowest BCUT2D eigenvalue weighted by Gasteiger charge is -2.13. The first-order chi connectivity index (χ1) is 14.0. The summed E-state index contributed by atoms with van der Waals surface area (Å²) in [4.78, 5) is 4.45. The number of nitrogens with zero attached hydrogens (tertiary/aromatic N) is 3. The molecule has 144 valence electrons. The van der Waals surface area contributed by atoms with E-state index in [9.17, 15) is 0 Å². The first-order valence-electron chi connectivity index (χ1n) is 8.56. The van der Waals surface area contributed by atoms with Gasteiger partial charge in [0.15, 0.2) is 11.6 Å². The maximum atomic E-state index is 8.90. The Kier molecular flexibility index (Phi) is 6.71. The van der Waals surface area contributed by atoms with Gasteiger partial charge in [-0.1, -0.05) is 0 Å². The molecule has 2 aromatic carbocycles. The van der Waals surface area contributed by atoms with Crippen molar-refractivity contribution >= 4 is 49.1 Å². The third-order valence-electron chi connectivity index (χ3n) is 3.97. The van der Waals surface area contributed by atoms with E-state index in [1.165, 1.54) is 0 Å². The van der Waals surface area contributed by atoms with Crippen molar-refractivity contribution in [3.63, 3.8) is 0 Å². The van der Waals surface area contributed by atoms with Crippen LogP contribution in [0.25, 0.3) is 0 Å². The summed E-state index contributed by atoms with van der Waals surface area (Å²) in [5, 5.41) is 20.8. The summed E-state index contributed by atoms with van der Waals surface area (Å²) in [5.74, 6) is 1.39. The van der Waals surface area contributed by atoms with Gasteiger partial charge in [-0.3, -0.25) is 0 Å². The first kappa shape index (κ1) is 20.7. The molecular weight excluding hydrogens is 498 g/mol. The zero-order valence-electron chi connectivity index (χ0n) is 15.1. The molecule has 0 unspecified atom stereocenters. The SMILES string of the molecule is N#CCCc1cc(Br)c(Oc2ccc(N)c(Nc3ccc(C#N)cc3)n2)c(Br)c1. The predicted molar refractivity (Wildman–Crippen MR) is 119 cm³/mol.